The van der Waals surface area contributed by atoms with Crippen molar-refractivity contribution >= 4 is 23.1 Å². The fourth-order valence-electron chi connectivity index (χ4n) is 1.95. The van der Waals surface area contributed by atoms with Gasteiger partial charge in [-0.15, -0.1) is 15.3 Å². The Bertz CT molecular complexity index is 829. The van der Waals surface area contributed by atoms with Crippen LogP contribution in [-0.4, -0.2) is 32.0 Å². The highest BCUT2D eigenvalue weighted by molar-refractivity contribution is 8.13. The number of aromatic amines is 1. The third-order valence-corrected chi connectivity index (χ3v) is 3.94. The van der Waals surface area contributed by atoms with E-state index in [4.69, 9.17) is 5.73 Å². The van der Waals surface area contributed by atoms with Crippen LogP contribution in [0.5, 0.6) is 0 Å². The summed E-state index contributed by atoms with van der Waals surface area (Å²) in [7, 11) is 0. The number of rotatable bonds is 5. The molecule has 1 aromatic heterocycles. The normalized spacial score (nSPS) is 11.9. The lowest BCUT2D eigenvalue weighted by Crippen LogP contribution is -2.05. The molecule has 2 aromatic carbocycles. The van der Waals surface area contributed by atoms with Crippen molar-refractivity contribution in [2.24, 2.45) is 15.9 Å². The topological polar surface area (TPSA) is 105 Å². The second kappa shape index (κ2) is 8.02. The maximum Gasteiger partial charge on any atom is 0.204 e. The zero-order chi connectivity index (χ0) is 16.6. The van der Waals surface area contributed by atoms with Gasteiger partial charge in [-0.1, -0.05) is 60.3 Å². The van der Waals surface area contributed by atoms with Crippen molar-refractivity contribution in [1.29, 1.82) is 0 Å². The monoisotopic (exact) mass is 337 g/mol. The summed E-state index contributed by atoms with van der Waals surface area (Å²) in [5.74, 6) is 1.30. The van der Waals surface area contributed by atoms with E-state index in [2.05, 4.69) is 30.8 Å². The van der Waals surface area contributed by atoms with Crippen molar-refractivity contribution in [3.8, 4) is 11.4 Å². The van der Waals surface area contributed by atoms with Crippen molar-refractivity contribution in [1.82, 2.24) is 20.6 Å². The molecule has 0 atom stereocenters. The summed E-state index contributed by atoms with van der Waals surface area (Å²) in [4.78, 5) is 0. The van der Waals surface area contributed by atoms with E-state index < -0.39 is 0 Å². The van der Waals surface area contributed by atoms with E-state index in [0.29, 0.717) is 11.0 Å². The summed E-state index contributed by atoms with van der Waals surface area (Å²) in [5.41, 5.74) is 8.78. The highest BCUT2D eigenvalue weighted by Gasteiger charge is 2.02. The molecule has 0 spiro atoms. The third-order valence-electron chi connectivity index (χ3n) is 3.08. The van der Waals surface area contributed by atoms with Crippen LogP contribution in [0.25, 0.3) is 11.4 Å². The van der Waals surface area contributed by atoms with E-state index in [1.807, 2.05) is 54.6 Å². The van der Waals surface area contributed by atoms with Crippen LogP contribution in [0.2, 0.25) is 0 Å². The van der Waals surface area contributed by atoms with Gasteiger partial charge in [-0.3, -0.25) is 0 Å². The van der Waals surface area contributed by atoms with Gasteiger partial charge in [-0.2, -0.15) is 10.3 Å². The number of thioether (sulfide) groups is 1. The lowest BCUT2D eigenvalue weighted by Gasteiger charge is -1.99. The highest BCUT2D eigenvalue weighted by atomic mass is 32.2. The van der Waals surface area contributed by atoms with E-state index in [-0.39, 0.29) is 0 Å². The summed E-state index contributed by atoms with van der Waals surface area (Å²) in [6.07, 6.45) is 1.64. The average molecular weight is 337 g/mol. The predicted molar refractivity (Wildman–Crippen MR) is 96.6 cm³/mol. The molecule has 1 heterocycles. The summed E-state index contributed by atoms with van der Waals surface area (Å²) < 4.78 is 0. The molecule has 0 bridgehead atoms. The standard InChI is InChI=1S/C16H15N7S/c17-16(24-11-12-5-2-1-3-6-12)21-18-10-13-7-4-8-14(9-13)15-19-22-23-20-15/h1-10H,11H2,(H2,17,21)(H,19,20,22,23). The molecule has 0 aliphatic heterocycles. The first-order valence-corrected chi connectivity index (χ1v) is 8.17. The van der Waals surface area contributed by atoms with Crippen molar-refractivity contribution in [3.63, 3.8) is 0 Å². The summed E-state index contributed by atoms with van der Waals surface area (Å²) in [5, 5.41) is 22.3. The number of aromatic nitrogens is 4. The van der Waals surface area contributed by atoms with Crippen molar-refractivity contribution in [2.75, 3.05) is 0 Å². The highest BCUT2D eigenvalue weighted by Crippen LogP contribution is 2.14. The number of hydrogen-bond donors (Lipinski definition) is 2. The van der Waals surface area contributed by atoms with Gasteiger partial charge in [0.1, 0.15) is 0 Å². The molecule has 0 aliphatic carbocycles. The molecule has 0 fully saturated rings. The average Bonchev–Trinajstić information content (AvgIpc) is 3.16. The molecule has 0 saturated heterocycles. The Morgan fingerprint density at radius 3 is 2.83 bits per heavy atom. The minimum absolute atomic E-state index is 0.421. The molecule has 0 amide bonds. The van der Waals surface area contributed by atoms with Crippen molar-refractivity contribution < 1.29 is 0 Å². The number of nitrogens with one attached hydrogen (secondary N) is 1. The molecular formula is C16H15N7S. The van der Waals surface area contributed by atoms with E-state index in [0.717, 1.165) is 16.9 Å². The fraction of sp³-hybridized carbons (Fsp3) is 0.0625. The van der Waals surface area contributed by atoms with Gasteiger partial charge >= 0.3 is 0 Å². The van der Waals surface area contributed by atoms with E-state index in [1.165, 1.54) is 17.3 Å². The molecule has 7 nitrogen and oxygen atoms in total. The smallest absolute Gasteiger partial charge is 0.204 e. The van der Waals surface area contributed by atoms with Gasteiger partial charge in [0.2, 0.25) is 5.82 Å². The van der Waals surface area contributed by atoms with Gasteiger partial charge in [-0.25, -0.2) is 0 Å². The lowest BCUT2D eigenvalue weighted by atomic mass is 10.1. The van der Waals surface area contributed by atoms with Crippen LogP contribution in [0.3, 0.4) is 0 Å². The SMILES string of the molecule is NC(=NN=Cc1cccc(-c2nn[nH]n2)c1)SCc1ccccc1. The van der Waals surface area contributed by atoms with Crippen LogP contribution in [0.15, 0.2) is 64.8 Å². The lowest BCUT2D eigenvalue weighted by molar-refractivity contribution is 0.881. The molecule has 120 valence electrons. The first-order valence-electron chi connectivity index (χ1n) is 7.18. The maximum atomic E-state index is 5.86. The molecule has 0 aliphatic rings. The number of tetrazole rings is 1. The van der Waals surface area contributed by atoms with Crippen LogP contribution in [0.4, 0.5) is 0 Å². The molecule has 0 saturated carbocycles. The van der Waals surface area contributed by atoms with Gasteiger partial charge in [0.15, 0.2) is 5.17 Å². The summed E-state index contributed by atoms with van der Waals surface area (Å²) in [6, 6.07) is 17.7. The molecule has 3 rings (SSSR count). The molecule has 0 unspecified atom stereocenters. The molecule has 24 heavy (non-hydrogen) atoms. The van der Waals surface area contributed by atoms with Crippen molar-refractivity contribution in [2.45, 2.75) is 5.75 Å². The van der Waals surface area contributed by atoms with Crippen LogP contribution in [0.1, 0.15) is 11.1 Å². The zero-order valence-electron chi connectivity index (χ0n) is 12.7. The number of benzene rings is 2. The zero-order valence-corrected chi connectivity index (χ0v) is 13.5. The van der Waals surface area contributed by atoms with Gasteiger partial charge in [-0.05, 0) is 22.4 Å². The molecule has 3 N–H and O–H groups in total. The van der Waals surface area contributed by atoms with Gasteiger partial charge in [0, 0.05) is 11.3 Å². The Morgan fingerprint density at radius 1 is 1.17 bits per heavy atom. The van der Waals surface area contributed by atoms with E-state index >= 15 is 0 Å². The Balaban J connectivity index is 1.60. The van der Waals surface area contributed by atoms with E-state index in [1.54, 1.807) is 6.21 Å². The first-order chi connectivity index (χ1) is 11.8. The maximum absolute atomic E-state index is 5.86. The Hall–Kier alpha value is -3.00. The molecule has 3 aromatic rings. The van der Waals surface area contributed by atoms with Crippen LogP contribution in [-0.2, 0) is 5.75 Å². The van der Waals surface area contributed by atoms with Crippen LogP contribution in [0, 0.1) is 0 Å². The van der Waals surface area contributed by atoms with E-state index in [9.17, 15) is 0 Å². The number of H-pyrrole nitrogens is 1. The fourth-order valence-corrected chi connectivity index (χ4v) is 2.57. The number of nitrogens with two attached hydrogens (primary N) is 1. The molecule has 0 radical (unpaired) electrons. The predicted octanol–water partition coefficient (Wildman–Crippen LogP) is 2.45. The molecular weight excluding hydrogens is 322 g/mol. The second-order valence-corrected chi connectivity index (χ2v) is 5.81. The van der Waals surface area contributed by atoms with Crippen LogP contribution >= 0.6 is 11.8 Å². The van der Waals surface area contributed by atoms with Gasteiger partial charge in [0.25, 0.3) is 0 Å². The number of hydrogen-bond acceptors (Lipinski definition) is 6. The van der Waals surface area contributed by atoms with Crippen LogP contribution < -0.4 is 5.73 Å². The summed E-state index contributed by atoms with van der Waals surface area (Å²) >= 11 is 1.45. The minimum atomic E-state index is 0.421. The van der Waals surface area contributed by atoms with Gasteiger partial charge < -0.3 is 5.73 Å². The van der Waals surface area contributed by atoms with Gasteiger partial charge in [0.05, 0.1) is 6.21 Å². The van der Waals surface area contributed by atoms with Crippen molar-refractivity contribution in [3.05, 3.63) is 65.7 Å². The Labute approximate surface area is 143 Å². The Kier molecular flexibility index (Phi) is 5.31. The quantitative estimate of drug-likeness (QED) is 0.423. The second-order valence-electron chi connectivity index (χ2n) is 4.82. The minimum Gasteiger partial charge on any atom is -0.377 e. The number of nitrogens with zero attached hydrogens (tertiary/aromatic N) is 5. The first kappa shape index (κ1) is 15.9. The largest absolute Gasteiger partial charge is 0.377 e. The summed E-state index contributed by atoms with van der Waals surface area (Å²) in [6.45, 7) is 0. The third kappa shape index (κ3) is 4.50. The molecule has 8 heteroatoms. The number of amidine groups is 1. The Morgan fingerprint density at radius 2 is 2.04 bits per heavy atom.